The summed E-state index contributed by atoms with van der Waals surface area (Å²) in [5.41, 5.74) is 6.33. The molecule has 0 aliphatic rings. The maximum Gasteiger partial charge on any atom is 0.142 e. The Bertz CT molecular complexity index is 291. The molecule has 14 heavy (non-hydrogen) atoms. The lowest BCUT2D eigenvalue weighted by molar-refractivity contribution is 0.296. The number of hydrogen-bond acceptors (Lipinski definition) is 4. The normalized spacial score (nSPS) is 10.1. The summed E-state index contributed by atoms with van der Waals surface area (Å²) < 4.78 is 5.10. The number of thioether (sulfide) groups is 1. The lowest BCUT2D eigenvalue weighted by atomic mass is 10.3. The maximum absolute atomic E-state index is 8.63. The molecule has 0 aliphatic heterocycles. The zero-order valence-electron chi connectivity index (χ0n) is 8.19. The standard InChI is InChI=1S/C10H15NO2S/c1-13-10-7-8(3-4-9(10)11)14-6-2-5-12/h3-4,7,12H,2,5-6,11H2,1H3. The number of ether oxygens (including phenoxy) is 1. The molecular weight excluding hydrogens is 198 g/mol. The molecule has 0 aliphatic carbocycles. The highest BCUT2D eigenvalue weighted by atomic mass is 32.2. The van der Waals surface area contributed by atoms with Gasteiger partial charge in [0.1, 0.15) is 5.75 Å². The number of anilines is 1. The highest BCUT2D eigenvalue weighted by molar-refractivity contribution is 7.99. The van der Waals surface area contributed by atoms with E-state index < -0.39 is 0 Å². The van der Waals surface area contributed by atoms with E-state index in [9.17, 15) is 0 Å². The highest BCUT2D eigenvalue weighted by Gasteiger charge is 2.00. The third-order valence-corrected chi connectivity index (χ3v) is 2.86. The van der Waals surface area contributed by atoms with Crippen LogP contribution in [0.15, 0.2) is 23.1 Å². The van der Waals surface area contributed by atoms with Crippen LogP contribution in [-0.2, 0) is 0 Å². The molecule has 4 heteroatoms. The van der Waals surface area contributed by atoms with Crippen molar-refractivity contribution in [2.45, 2.75) is 11.3 Å². The van der Waals surface area contributed by atoms with Crippen LogP contribution in [0.3, 0.4) is 0 Å². The Hall–Kier alpha value is -0.870. The molecule has 1 aromatic rings. The van der Waals surface area contributed by atoms with Crippen LogP contribution in [-0.4, -0.2) is 24.6 Å². The van der Waals surface area contributed by atoms with Gasteiger partial charge in [-0.05, 0) is 24.6 Å². The number of nitrogens with two attached hydrogens (primary N) is 1. The van der Waals surface area contributed by atoms with Crippen molar-refractivity contribution in [1.29, 1.82) is 0 Å². The number of aliphatic hydroxyl groups is 1. The topological polar surface area (TPSA) is 55.5 Å². The predicted octanol–water partition coefficient (Wildman–Crippen LogP) is 1.75. The van der Waals surface area contributed by atoms with E-state index in [1.54, 1.807) is 18.9 Å². The van der Waals surface area contributed by atoms with Crippen LogP contribution in [0.25, 0.3) is 0 Å². The Morgan fingerprint density at radius 2 is 2.29 bits per heavy atom. The first-order chi connectivity index (χ1) is 6.77. The number of aliphatic hydroxyl groups excluding tert-OH is 1. The summed E-state index contributed by atoms with van der Waals surface area (Å²) >= 11 is 1.69. The minimum atomic E-state index is 0.235. The van der Waals surface area contributed by atoms with Gasteiger partial charge in [-0.15, -0.1) is 11.8 Å². The van der Waals surface area contributed by atoms with E-state index in [0.717, 1.165) is 17.1 Å². The molecule has 3 nitrogen and oxygen atoms in total. The number of hydrogen-bond donors (Lipinski definition) is 2. The fourth-order valence-electron chi connectivity index (χ4n) is 1.04. The Labute approximate surface area is 88.3 Å². The molecule has 0 atom stereocenters. The summed E-state index contributed by atoms with van der Waals surface area (Å²) in [6.45, 7) is 0.235. The lowest BCUT2D eigenvalue weighted by Gasteiger charge is -2.06. The number of benzene rings is 1. The molecule has 0 saturated heterocycles. The average molecular weight is 213 g/mol. The molecule has 0 aromatic heterocycles. The van der Waals surface area contributed by atoms with E-state index in [1.165, 1.54) is 0 Å². The largest absolute Gasteiger partial charge is 0.495 e. The van der Waals surface area contributed by atoms with Gasteiger partial charge in [-0.1, -0.05) is 0 Å². The molecule has 0 spiro atoms. The van der Waals surface area contributed by atoms with E-state index in [-0.39, 0.29) is 6.61 Å². The van der Waals surface area contributed by atoms with Gasteiger partial charge in [0.05, 0.1) is 12.8 Å². The van der Waals surface area contributed by atoms with E-state index in [2.05, 4.69) is 0 Å². The van der Waals surface area contributed by atoms with E-state index in [4.69, 9.17) is 15.6 Å². The van der Waals surface area contributed by atoms with Crippen LogP contribution in [0.5, 0.6) is 5.75 Å². The number of nitrogen functional groups attached to an aromatic ring is 1. The first-order valence-electron chi connectivity index (χ1n) is 4.45. The second-order valence-electron chi connectivity index (χ2n) is 2.83. The maximum atomic E-state index is 8.63. The van der Waals surface area contributed by atoms with Crippen molar-refractivity contribution in [3.63, 3.8) is 0 Å². The van der Waals surface area contributed by atoms with Crippen LogP contribution in [0.2, 0.25) is 0 Å². The van der Waals surface area contributed by atoms with E-state index in [1.807, 2.05) is 18.2 Å². The van der Waals surface area contributed by atoms with E-state index >= 15 is 0 Å². The SMILES string of the molecule is COc1cc(SCCCO)ccc1N. The minimum absolute atomic E-state index is 0.235. The first kappa shape index (κ1) is 11.2. The van der Waals surface area contributed by atoms with Crippen molar-refractivity contribution in [3.05, 3.63) is 18.2 Å². The fourth-order valence-corrected chi connectivity index (χ4v) is 1.90. The number of methoxy groups -OCH3 is 1. The third-order valence-electron chi connectivity index (χ3n) is 1.78. The van der Waals surface area contributed by atoms with Crippen molar-refractivity contribution < 1.29 is 9.84 Å². The fraction of sp³-hybridized carbons (Fsp3) is 0.400. The van der Waals surface area contributed by atoms with Crippen LogP contribution in [0, 0.1) is 0 Å². The first-order valence-corrected chi connectivity index (χ1v) is 5.43. The number of rotatable bonds is 5. The van der Waals surface area contributed by atoms with Crippen LogP contribution in [0.4, 0.5) is 5.69 Å². The van der Waals surface area contributed by atoms with Gasteiger partial charge in [0.2, 0.25) is 0 Å². The Balaban J connectivity index is 2.60. The molecule has 0 unspecified atom stereocenters. The van der Waals surface area contributed by atoms with Crippen molar-refractivity contribution in [2.75, 3.05) is 25.2 Å². The second kappa shape index (κ2) is 5.78. The van der Waals surface area contributed by atoms with Crippen molar-refractivity contribution in [2.24, 2.45) is 0 Å². The van der Waals surface area contributed by atoms with Gasteiger partial charge in [-0.25, -0.2) is 0 Å². The van der Waals surface area contributed by atoms with Gasteiger partial charge in [0.25, 0.3) is 0 Å². The van der Waals surface area contributed by atoms with E-state index in [0.29, 0.717) is 11.4 Å². The monoisotopic (exact) mass is 213 g/mol. The molecule has 1 aromatic carbocycles. The summed E-state index contributed by atoms with van der Waals surface area (Å²) in [5, 5.41) is 8.63. The lowest BCUT2D eigenvalue weighted by Crippen LogP contribution is -1.92. The quantitative estimate of drug-likeness (QED) is 0.444. The van der Waals surface area contributed by atoms with Crippen LogP contribution < -0.4 is 10.5 Å². The average Bonchev–Trinajstić information content (AvgIpc) is 2.21. The van der Waals surface area contributed by atoms with Gasteiger partial charge in [-0.2, -0.15) is 0 Å². The smallest absolute Gasteiger partial charge is 0.142 e. The minimum Gasteiger partial charge on any atom is -0.495 e. The predicted molar refractivity (Wildman–Crippen MR) is 59.8 cm³/mol. The summed E-state index contributed by atoms with van der Waals surface area (Å²) in [6, 6.07) is 5.71. The van der Waals surface area contributed by atoms with Gasteiger partial charge in [0, 0.05) is 17.3 Å². The summed E-state index contributed by atoms with van der Waals surface area (Å²) in [6.07, 6.45) is 0.803. The van der Waals surface area contributed by atoms with Gasteiger partial charge < -0.3 is 15.6 Å². The third kappa shape index (κ3) is 3.12. The molecule has 1 rings (SSSR count). The molecular formula is C10H15NO2S. The molecule has 0 saturated carbocycles. The molecule has 3 N–H and O–H groups in total. The second-order valence-corrected chi connectivity index (χ2v) is 4.00. The van der Waals surface area contributed by atoms with Gasteiger partial charge in [-0.3, -0.25) is 0 Å². The Kier molecular flexibility index (Phi) is 4.62. The zero-order chi connectivity index (χ0) is 10.4. The Morgan fingerprint density at radius 1 is 1.50 bits per heavy atom. The van der Waals surface area contributed by atoms with Crippen LogP contribution in [0.1, 0.15) is 6.42 Å². The molecule has 0 amide bonds. The summed E-state index contributed by atoms with van der Waals surface area (Å²) in [4.78, 5) is 1.12. The van der Waals surface area contributed by atoms with Crippen LogP contribution >= 0.6 is 11.8 Å². The van der Waals surface area contributed by atoms with Gasteiger partial charge in [0.15, 0.2) is 0 Å². The Morgan fingerprint density at radius 3 is 2.93 bits per heavy atom. The molecule has 0 fully saturated rings. The highest BCUT2D eigenvalue weighted by Crippen LogP contribution is 2.28. The van der Waals surface area contributed by atoms with Crippen molar-refractivity contribution in [1.82, 2.24) is 0 Å². The molecule has 78 valence electrons. The summed E-state index contributed by atoms with van der Waals surface area (Å²) in [7, 11) is 1.61. The molecule has 0 heterocycles. The zero-order valence-corrected chi connectivity index (χ0v) is 9.01. The molecule has 0 bridgehead atoms. The summed E-state index contributed by atoms with van der Waals surface area (Å²) in [5.74, 6) is 1.61. The van der Waals surface area contributed by atoms with Crippen molar-refractivity contribution >= 4 is 17.4 Å². The molecule has 0 radical (unpaired) electrons. The van der Waals surface area contributed by atoms with Crippen molar-refractivity contribution in [3.8, 4) is 5.75 Å². The van der Waals surface area contributed by atoms with Gasteiger partial charge >= 0.3 is 0 Å².